The molecule has 2 aromatic carbocycles. The minimum absolute atomic E-state index is 0.112. The van der Waals surface area contributed by atoms with Crippen molar-refractivity contribution >= 4 is 22.6 Å². The molecule has 0 unspecified atom stereocenters. The molecule has 1 aliphatic rings. The molecule has 4 rings (SSSR count). The smallest absolute Gasteiger partial charge is 0.219 e. The van der Waals surface area contributed by atoms with Gasteiger partial charge >= 0.3 is 0 Å². The highest BCUT2D eigenvalue weighted by Crippen LogP contribution is 2.39. The van der Waals surface area contributed by atoms with Gasteiger partial charge in [0.25, 0.3) is 0 Å². The Balaban J connectivity index is 1.63. The topological polar surface area (TPSA) is 102 Å². The van der Waals surface area contributed by atoms with E-state index in [1.807, 2.05) is 23.1 Å². The average Bonchev–Trinajstić information content (AvgIpc) is 3.13. The van der Waals surface area contributed by atoms with Crippen molar-refractivity contribution in [2.75, 3.05) is 38.2 Å². The standard InChI is InChI=1S/C20H22N4O4/c1-12(25)23-5-7-24(8-6-23)14-3-4-15-16(11-14)22-20(21-15)13-9-17(26)19(27)18(10-13)28-2/h3-4,9-11,26-27H,5-8H2,1-2H3,(H,21,22). The Labute approximate surface area is 162 Å². The number of methoxy groups -OCH3 is 1. The molecule has 28 heavy (non-hydrogen) atoms. The Morgan fingerprint density at radius 3 is 2.57 bits per heavy atom. The summed E-state index contributed by atoms with van der Waals surface area (Å²) in [5.74, 6) is 0.302. The summed E-state index contributed by atoms with van der Waals surface area (Å²) in [6.07, 6.45) is 0. The number of phenols is 2. The molecule has 0 saturated carbocycles. The second-order valence-electron chi connectivity index (χ2n) is 6.83. The summed E-state index contributed by atoms with van der Waals surface area (Å²) in [5, 5.41) is 19.7. The number of anilines is 1. The lowest BCUT2D eigenvalue weighted by atomic mass is 10.1. The van der Waals surface area contributed by atoms with Gasteiger partial charge in [-0.2, -0.15) is 0 Å². The van der Waals surface area contributed by atoms with Crippen LogP contribution in [0.25, 0.3) is 22.4 Å². The molecule has 0 radical (unpaired) electrons. The lowest BCUT2D eigenvalue weighted by Crippen LogP contribution is -2.48. The zero-order chi connectivity index (χ0) is 19.8. The average molecular weight is 382 g/mol. The maximum Gasteiger partial charge on any atom is 0.219 e. The van der Waals surface area contributed by atoms with Gasteiger partial charge in [-0.3, -0.25) is 4.79 Å². The van der Waals surface area contributed by atoms with Gasteiger partial charge in [0.15, 0.2) is 11.5 Å². The van der Waals surface area contributed by atoms with Crippen LogP contribution < -0.4 is 9.64 Å². The first-order valence-electron chi connectivity index (χ1n) is 9.07. The van der Waals surface area contributed by atoms with Crippen LogP contribution in [0.5, 0.6) is 17.2 Å². The van der Waals surface area contributed by atoms with Crippen molar-refractivity contribution in [3.05, 3.63) is 30.3 Å². The van der Waals surface area contributed by atoms with Crippen LogP contribution in [0.1, 0.15) is 6.92 Å². The molecule has 0 aliphatic carbocycles. The van der Waals surface area contributed by atoms with Crippen LogP contribution in [0.3, 0.4) is 0 Å². The maximum absolute atomic E-state index is 11.5. The molecule has 1 fully saturated rings. The van der Waals surface area contributed by atoms with Crippen molar-refractivity contribution in [1.82, 2.24) is 14.9 Å². The lowest BCUT2D eigenvalue weighted by Gasteiger charge is -2.35. The van der Waals surface area contributed by atoms with Crippen LogP contribution >= 0.6 is 0 Å². The summed E-state index contributed by atoms with van der Waals surface area (Å²) in [6.45, 7) is 4.61. The molecule has 3 aromatic rings. The Morgan fingerprint density at radius 2 is 1.89 bits per heavy atom. The van der Waals surface area contributed by atoms with Crippen LogP contribution in [-0.2, 0) is 4.79 Å². The van der Waals surface area contributed by atoms with Gasteiger partial charge < -0.3 is 29.7 Å². The van der Waals surface area contributed by atoms with E-state index in [1.165, 1.54) is 13.2 Å². The van der Waals surface area contributed by atoms with E-state index in [0.29, 0.717) is 24.5 Å². The Kier molecular flexibility index (Phi) is 4.46. The van der Waals surface area contributed by atoms with Crippen LogP contribution in [-0.4, -0.2) is 64.3 Å². The van der Waals surface area contributed by atoms with E-state index in [2.05, 4.69) is 14.9 Å². The van der Waals surface area contributed by atoms with Gasteiger partial charge in [0.1, 0.15) is 5.82 Å². The number of rotatable bonds is 3. The van der Waals surface area contributed by atoms with Crippen LogP contribution in [0.4, 0.5) is 5.69 Å². The Hall–Kier alpha value is -3.42. The molecule has 3 N–H and O–H groups in total. The van der Waals surface area contributed by atoms with Gasteiger partial charge in [-0.15, -0.1) is 0 Å². The van der Waals surface area contributed by atoms with E-state index in [9.17, 15) is 15.0 Å². The summed E-state index contributed by atoms with van der Waals surface area (Å²) in [6, 6.07) is 9.06. The van der Waals surface area contributed by atoms with Gasteiger partial charge in [0.2, 0.25) is 11.7 Å². The summed E-state index contributed by atoms with van der Waals surface area (Å²) in [7, 11) is 1.43. The fourth-order valence-electron chi connectivity index (χ4n) is 3.50. The third kappa shape index (κ3) is 3.17. The Morgan fingerprint density at radius 1 is 1.14 bits per heavy atom. The molecular weight excluding hydrogens is 360 g/mol. The van der Waals surface area contributed by atoms with E-state index in [4.69, 9.17) is 4.74 Å². The number of nitrogens with one attached hydrogen (secondary N) is 1. The van der Waals surface area contributed by atoms with Crippen LogP contribution in [0.2, 0.25) is 0 Å². The number of ether oxygens (including phenoxy) is 1. The first-order valence-corrected chi connectivity index (χ1v) is 9.07. The number of carbonyl (C=O) groups excluding carboxylic acids is 1. The molecule has 8 heteroatoms. The molecule has 1 aromatic heterocycles. The minimum Gasteiger partial charge on any atom is -0.504 e. The van der Waals surface area contributed by atoms with E-state index in [-0.39, 0.29) is 23.2 Å². The fraction of sp³-hybridized carbons (Fsp3) is 0.300. The van der Waals surface area contributed by atoms with Gasteiger partial charge in [-0.25, -0.2) is 4.98 Å². The number of aromatic hydroxyl groups is 2. The summed E-state index contributed by atoms with van der Waals surface area (Å²) in [4.78, 5) is 23.4. The highest BCUT2D eigenvalue weighted by Gasteiger charge is 2.19. The van der Waals surface area contributed by atoms with Crippen molar-refractivity contribution in [2.45, 2.75) is 6.92 Å². The molecule has 1 aliphatic heterocycles. The normalized spacial score (nSPS) is 14.5. The summed E-state index contributed by atoms with van der Waals surface area (Å²) >= 11 is 0. The molecule has 1 saturated heterocycles. The molecule has 8 nitrogen and oxygen atoms in total. The van der Waals surface area contributed by atoms with Crippen molar-refractivity contribution < 1.29 is 19.7 Å². The molecule has 0 bridgehead atoms. The zero-order valence-electron chi connectivity index (χ0n) is 15.8. The number of imidazole rings is 1. The van der Waals surface area contributed by atoms with E-state index < -0.39 is 0 Å². The number of fused-ring (bicyclic) bond motifs is 1. The number of nitrogens with zero attached hydrogens (tertiary/aromatic N) is 3. The summed E-state index contributed by atoms with van der Waals surface area (Å²) in [5.41, 5.74) is 3.35. The second-order valence-corrected chi connectivity index (χ2v) is 6.83. The maximum atomic E-state index is 11.5. The SMILES string of the molecule is COc1cc(-c2nc3ccc(N4CCN(C(C)=O)CC4)cc3[nH]2)cc(O)c1O. The number of phenolic OH excluding ortho intramolecular Hbond substituents is 2. The largest absolute Gasteiger partial charge is 0.504 e. The quantitative estimate of drug-likeness (QED) is 0.601. The lowest BCUT2D eigenvalue weighted by molar-refractivity contribution is -0.129. The first kappa shape index (κ1) is 18.0. The number of aromatic nitrogens is 2. The monoisotopic (exact) mass is 382 g/mol. The molecule has 146 valence electrons. The first-order chi connectivity index (χ1) is 13.5. The summed E-state index contributed by atoms with van der Waals surface area (Å²) < 4.78 is 5.10. The van der Waals surface area contributed by atoms with Crippen LogP contribution in [0.15, 0.2) is 30.3 Å². The van der Waals surface area contributed by atoms with E-state index in [0.717, 1.165) is 29.8 Å². The predicted octanol–water partition coefficient (Wildman–Crippen LogP) is 2.32. The van der Waals surface area contributed by atoms with Crippen molar-refractivity contribution in [2.24, 2.45) is 0 Å². The van der Waals surface area contributed by atoms with Gasteiger partial charge in [-0.1, -0.05) is 0 Å². The number of piperazine rings is 1. The minimum atomic E-state index is -0.297. The number of H-pyrrole nitrogens is 1. The number of benzene rings is 2. The van der Waals surface area contributed by atoms with E-state index >= 15 is 0 Å². The van der Waals surface area contributed by atoms with E-state index in [1.54, 1.807) is 13.0 Å². The number of amides is 1. The van der Waals surface area contributed by atoms with Crippen molar-refractivity contribution in [1.29, 1.82) is 0 Å². The number of hydrogen-bond donors (Lipinski definition) is 3. The second kappa shape index (κ2) is 6.95. The van der Waals surface area contributed by atoms with Gasteiger partial charge in [-0.05, 0) is 30.3 Å². The molecule has 0 atom stereocenters. The fourth-order valence-corrected chi connectivity index (χ4v) is 3.50. The highest BCUT2D eigenvalue weighted by molar-refractivity contribution is 5.83. The van der Waals surface area contributed by atoms with Crippen molar-refractivity contribution in [3.8, 4) is 28.6 Å². The predicted molar refractivity (Wildman–Crippen MR) is 106 cm³/mol. The van der Waals surface area contributed by atoms with Gasteiger partial charge in [0.05, 0.1) is 18.1 Å². The molecular formula is C20H22N4O4. The van der Waals surface area contributed by atoms with Crippen molar-refractivity contribution in [3.63, 3.8) is 0 Å². The zero-order valence-corrected chi connectivity index (χ0v) is 15.8. The third-order valence-electron chi connectivity index (χ3n) is 5.10. The number of hydrogen-bond acceptors (Lipinski definition) is 6. The molecule has 1 amide bonds. The molecule has 2 heterocycles. The molecule has 0 spiro atoms. The van der Waals surface area contributed by atoms with Gasteiger partial charge in [0, 0.05) is 44.4 Å². The Bertz CT molecular complexity index is 1040. The highest BCUT2D eigenvalue weighted by atomic mass is 16.5. The number of carbonyl (C=O) groups is 1. The van der Waals surface area contributed by atoms with Crippen LogP contribution in [0, 0.1) is 0 Å². The third-order valence-corrected chi connectivity index (χ3v) is 5.10. The number of aromatic amines is 1.